The molecule has 0 aliphatic rings. The normalized spacial score (nSPS) is 11.9. The van der Waals surface area contributed by atoms with E-state index in [-0.39, 0.29) is 0 Å². The van der Waals surface area contributed by atoms with Gasteiger partial charge in [0, 0.05) is 6.54 Å². The highest BCUT2D eigenvalue weighted by Gasteiger charge is 1.92. The Morgan fingerprint density at radius 3 is 2.67 bits per heavy atom. The van der Waals surface area contributed by atoms with Crippen LogP contribution in [0.3, 0.4) is 0 Å². The Kier molecular flexibility index (Phi) is 10.2. The molecule has 0 atom stereocenters. The van der Waals surface area contributed by atoms with Crippen LogP contribution >= 0.6 is 0 Å². The third kappa shape index (κ3) is 9.23. The van der Waals surface area contributed by atoms with Crippen LogP contribution in [-0.2, 0) is 0 Å². The smallest absolute Gasteiger partial charge is 0.0132 e. The van der Waals surface area contributed by atoms with Crippen LogP contribution in [0.4, 0.5) is 0 Å². The topological polar surface area (TPSA) is 12.0 Å². The Hall–Kier alpha value is -1.08. The quantitative estimate of drug-likeness (QED) is 0.344. The van der Waals surface area contributed by atoms with E-state index in [1.807, 2.05) is 12.2 Å². The van der Waals surface area contributed by atoms with Crippen molar-refractivity contribution in [3.05, 3.63) is 49.1 Å². The van der Waals surface area contributed by atoms with Crippen LogP contribution < -0.4 is 5.32 Å². The van der Waals surface area contributed by atoms with E-state index in [0.717, 1.165) is 19.5 Å². The molecular weight excluding hydrogens is 182 g/mol. The molecule has 1 N–H and O–H groups in total. The third-order valence-electron chi connectivity index (χ3n) is 2.17. The van der Waals surface area contributed by atoms with E-state index >= 15 is 0 Å². The number of allylic oxidation sites excluding steroid dienone is 5. The maximum atomic E-state index is 3.67. The Labute approximate surface area is 94.3 Å². The summed E-state index contributed by atoms with van der Waals surface area (Å²) >= 11 is 0. The fraction of sp³-hybridized carbons (Fsp3) is 0.429. The number of rotatable bonds is 9. The van der Waals surface area contributed by atoms with Crippen LogP contribution in [-0.4, -0.2) is 13.1 Å². The summed E-state index contributed by atoms with van der Waals surface area (Å²) in [5.74, 6) is 0. The maximum Gasteiger partial charge on any atom is 0.0132 e. The van der Waals surface area contributed by atoms with E-state index in [1.165, 1.54) is 18.4 Å². The molecule has 0 heterocycles. The van der Waals surface area contributed by atoms with Gasteiger partial charge in [-0.2, -0.15) is 0 Å². The molecule has 0 radical (unpaired) electrons. The molecule has 0 aliphatic heterocycles. The van der Waals surface area contributed by atoms with Gasteiger partial charge in [-0.3, -0.25) is 0 Å². The third-order valence-corrected chi connectivity index (χ3v) is 2.17. The van der Waals surface area contributed by atoms with E-state index in [2.05, 4.69) is 37.6 Å². The molecule has 0 aromatic rings. The van der Waals surface area contributed by atoms with Gasteiger partial charge in [0.15, 0.2) is 0 Å². The average molecular weight is 205 g/mol. The first kappa shape index (κ1) is 13.9. The van der Waals surface area contributed by atoms with Crippen LogP contribution in [0.25, 0.3) is 0 Å². The highest BCUT2D eigenvalue weighted by atomic mass is 14.8. The first-order chi connectivity index (χ1) is 7.35. The van der Waals surface area contributed by atoms with E-state index < -0.39 is 0 Å². The highest BCUT2D eigenvalue weighted by Crippen LogP contribution is 2.08. The lowest BCUT2D eigenvalue weighted by Crippen LogP contribution is -2.14. The molecule has 0 aliphatic carbocycles. The van der Waals surface area contributed by atoms with Crippen molar-refractivity contribution in [2.75, 3.05) is 13.1 Å². The van der Waals surface area contributed by atoms with Crippen LogP contribution in [0.15, 0.2) is 49.1 Å². The summed E-state index contributed by atoms with van der Waals surface area (Å²) in [5, 5.41) is 3.30. The van der Waals surface area contributed by atoms with Gasteiger partial charge in [-0.1, -0.05) is 49.5 Å². The standard InChI is InChI=1S/C14H23N/c1-4-7-8-10-14(6-3)11-9-13-15-12-5-2/h4-5,7-8,10,15H,1-2,6,9,11-13H2,3H3/b8-7-,14-10+. The monoisotopic (exact) mass is 205 g/mol. The van der Waals surface area contributed by atoms with Crippen LogP contribution in [0.5, 0.6) is 0 Å². The predicted molar refractivity (Wildman–Crippen MR) is 70.0 cm³/mol. The summed E-state index contributed by atoms with van der Waals surface area (Å²) in [4.78, 5) is 0. The van der Waals surface area contributed by atoms with Gasteiger partial charge in [-0.15, -0.1) is 6.58 Å². The Bertz CT molecular complexity index is 223. The fourth-order valence-electron chi connectivity index (χ4n) is 1.29. The van der Waals surface area contributed by atoms with E-state index in [9.17, 15) is 0 Å². The number of hydrogen-bond donors (Lipinski definition) is 1. The van der Waals surface area contributed by atoms with E-state index in [1.54, 1.807) is 6.08 Å². The Morgan fingerprint density at radius 2 is 2.07 bits per heavy atom. The fourth-order valence-corrected chi connectivity index (χ4v) is 1.29. The lowest BCUT2D eigenvalue weighted by atomic mass is 10.1. The van der Waals surface area contributed by atoms with Gasteiger partial charge in [0.2, 0.25) is 0 Å². The van der Waals surface area contributed by atoms with Crippen LogP contribution in [0.2, 0.25) is 0 Å². The predicted octanol–water partition coefficient (Wildman–Crippen LogP) is 3.62. The summed E-state index contributed by atoms with van der Waals surface area (Å²) in [6.45, 7) is 11.5. The molecule has 0 spiro atoms. The van der Waals surface area contributed by atoms with Crippen molar-refractivity contribution in [1.82, 2.24) is 5.32 Å². The molecule has 0 saturated carbocycles. The lowest BCUT2D eigenvalue weighted by molar-refractivity contribution is 0.682. The molecule has 15 heavy (non-hydrogen) atoms. The van der Waals surface area contributed by atoms with Crippen LogP contribution in [0, 0.1) is 0 Å². The molecule has 0 bridgehead atoms. The molecule has 84 valence electrons. The number of nitrogens with one attached hydrogen (secondary N) is 1. The molecule has 0 saturated heterocycles. The van der Waals surface area contributed by atoms with Crippen molar-refractivity contribution in [1.29, 1.82) is 0 Å². The molecule has 0 fully saturated rings. The van der Waals surface area contributed by atoms with Gasteiger partial charge in [-0.05, 0) is 25.8 Å². The van der Waals surface area contributed by atoms with E-state index in [4.69, 9.17) is 0 Å². The molecule has 0 amide bonds. The summed E-state index contributed by atoms with van der Waals surface area (Å²) in [7, 11) is 0. The van der Waals surface area contributed by atoms with Gasteiger partial charge in [0.1, 0.15) is 0 Å². The summed E-state index contributed by atoms with van der Waals surface area (Å²) in [5.41, 5.74) is 1.49. The van der Waals surface area contributed by atoms with Crippen molar-refractivity contribution in [2.45, 2.75) is 26.2 Å². The van der Waals surface area contributed by atoms with Crippen molar-refractivity contribution in [3.63, 3.8) is 0 Å². The van der Waals surface area contributed by atoms with Gasteiger partial charge in [0.05, 0.1) is 0 Å². The highest BCUT2D eigenvalue weighted by molar-refractivity contribution is 5.15. The molecule has 0 aromatic carbocycles. The summed E-state index contributed by atoms with van der Waals surface area (Å²) in [6, 6.07) is 0. The minimum atomic E-state index is 0.904. The van der Waals surface area contributed by atoms with Crippen molar-refractivity contribution in [2.24, 2.45) is 0 Å². The van der Waals surface area contributed by atoms with Gasteiger partial charge < -0.3 is 5.32 Å². The second-order valence-electron chi connectivity index (χ2n) is 3.40. The molecule has 1 heteroatoms. The zero-order valence-electron chi connectivity index (χ0n) is 9.84. The molecular formula is C14H23N. The van der Waals surface area contributed by atoms with E-state index in [0.29, 0.717) is 0 Å². The first-order valence-electron chi connectivity index (χ1n) is 5.63. The summed E-state index contributed by atoms with van der Waals surface area (Å²) < 4.78 is 0. The number of hydrogen-bond acceptors (Lipinski definition) is 1. The molecule has 0 rings (SSSR count). The minimum Gasteiger partial charge on any atom is -0.313 e. The van der Waals surface area contributed by atoms with Crippen molar-refractivity contribution in [3.8, 4) is 0 Å². The second kappa shape index (κ2) is 11.0. The maximum absolute atomic E-state index is 3.67. The van der Waals surface area contributed by atoms with Crippen molar-refractivity contribution >= 4 is 0 Å². The van der Waals surface area contributed by atoms with Crippen LogP contribution in [0.1, 0.15) is 26.2 Å². The molecule has 0 aromatic heterocycles. The lowest BCUT2D eigenvalue weighted by Gasteiger charge is -2.04. The van der Waals surface area contributed by atoms with Gasteiger partial charge in [-0.25, -0.2) is 0 Å². The zero-order valence-corrected chi connectivity index (χ0v) is 9.84. The Balaban J connectivity index is 3.69. The van der Waals surface area contributed by atoms with Gasteiger partial charge in [0.25, 0.3) is 0 Å². The Morgan fingerprint density at radius 1 is 1.27 bits per heavy atom. The second-order valence-corrected chi connectivity index (χ2v) is 3.40. The first-order valence-corrected chi connectivity index (χ1v) is 5.63. The van der Waals surface area contributed by atoms with Gasteiger partial charge >= 0.3 is 0 Å². The zero-order chi connectivity index (χ0) is 11.4. The van der Waals surface area contributed by atoms with Crippen molar-refractivity contribution < 1.29 is 0 Å². The molecule has 1 nitrogen and oxygen atoms in total. The summed E-state index contributed by atoms with van der Waals surface area (Å²) in [6.07, 6.45) is 13.4. The largest absolute Gasteiger partial charge is 0.313 e. The molecule has 0 unspecified atom stereocenters. The SMILES string of the molecule is C=C/C=C\C=C(/CC)CCCNCC=C. The minimum absolute atomic E-state index is 0.904. The average Bonchev–Trinajstić information content (AvgIpc) is 2.26.